The average molecular weight is 268 g/mol. The van der Waals surface area contributed by atoms with E-state index in [2.05, 4.69) is 4.98 Å². The molecule has 0 aliphatic heterocycles. The fraction of sp³-hybridized carbons (Fsp3) is 0.400. The van der Waals surface area contributed by atoms with Gasteiger partial charge in [-0.2, -0.15) is 0 Å². The summed E-state index contributed by atoms with van der Waals surface area (Å²) >= 11 is 0. The van der Waals surface area contributed by atoms with Crippen molar-refractivity contribution in [2.45, 2.75) is 26.7 Å². The number of carboxylic acids is 1. The van der Waals surface area contributed by atoms with E-state index in [0.29, 0.717) is 6.42 Å². The molecular weight excluding hydrogens is 255 g/mol. The monoisotopic (exact) mass is 268 g/mol. The maximum atomic E-state index is 10.3. The van der Waals surface area contributed by atoms with E-state index in [1.54, 1.807) is 6.20 Å². The number of aliphatic carboxylic acids is 1. The molecule has 0 bridgehead atoms. The van der Waals surface area contributed by atoms with Crippen LogP contribution in [0.15, 0.2) is 12.3 Å². The first-order valence-electron chi connectivity index (χ1n) is 4.23. The first-order chi connectivity index (χ1) is 6.09. The van der Waals surface area contributed by atoms with Crippen LogP contribution < -0.4 is 0 Å². The maximum absolute atomic E-state index is 10.3. The van der Waals surface area contributed by atoms with E-state index >= 15 is 0 Å². The number of carboxylic acid groups (broad SMARTS) is 1. The van der Waals surface area contributed by atoms with Gasteiger partial charge in [0.25, 0.3) is 0 Å². The summed E-state index contributed by atoms with van der Waals surface area (Å²) in [6, 6.07) is 1.99. The molecule has 0 fully saturated rings. The van der Waals surface area contributed by atoms with Crippen LogP contribution in [0.25, 0.3) is 0 Å². The molecule has 1 aromatic heterocycles. The molecular formula is C10H13NO2Y. The molecule has 0 spiro atoms. The second-order valence-corrected chi connectivity index (χ2v) is 3.14. The Morgan fingerprint density at radius 2 is 2.14 bits per heavy atom. The van der Waals surface area contributed by atoms with Crippen molar-refractivity contribution in [3.8, 4) is 0 Å². The van der Waals surface area contributed by atoms with Crippen molar-refractivity contribution < 1.29 is 42.6 Å². The number of aromatic nitrogens is 1. The fourth-order valence-corrected chi connectivity index (χ4v) is 1.09. The van der Waals surface area contributed by atoms with Crippen LogP contribution >= 0.6 is 0 Å². The van der Waals surface area contributed by atoms with Crippen molar-refractivity contribution in [2.75, 3.05) is 0 Å². The SMILES string of the molecule is Cc1cc(CCC(=O)O)cnc1C.[Y]. The fourth-order valence-electron chi connectivity index (χ4n) is 1.09. The zero-order chi connectivity index (χ0) is 9.84. The Hall–Kier alpha value is -0.276. The third-order valence-corrected chi connectivity index (χ3v) is 2.02. The van der Waals surface area contributed by atoms with Crippen molar-refractivity contribution >= 4 is 5.97 Å². The van der Waals surface area contributed by atoms with Gasteiger partial charge >= 0.3 is 5.97 Å². The van der Waals surface area contributed by atoms with Crippen LogP contribution in [0.1, 0.15) is 23.2 Å². The van der Waals surface area contributed by atoms with Crippen LogP contribution in [-0.2, 0) is 43.9 Å². The first kappa shape index (κ1) is 13.7. The van der Waals surface area contributed by atoms with E-state index in [1.807, 2.05) is 19.9 Å². The van der Waals surface area contributed by atoms with E-state index in [-0.39, 0.29) is 39.1 Å². The Balaban J connectivity index is 0.00000169. The van der Waals surface area contributed by atoms with Crippen molar-refractivity contribution in [3.05, 3.63) is 29.1 Å². The molecule has 0 aliphatic carbocycles. The summed E-state index contributed by atoms with van der Waals surface area (Å²) in [5.41, 5.74) is 3.10. The summed E-state index contributed by atoms with van der Waals surface area (Å²) in [6.07, 6.45) is 2.47. The van der Waals surface area contributed by atoms with Crippen LogP contribution in [-0.4, -0.2) is 16.1 Å². The smallest absolute Gasteiger partial charge is 0.303 e. The number of nitrogens with zero attached hydrogens (tertiary/aromatic N) is 1. The number of aryl methyl sites for hydroxylation is 3. The Bertz CT molecular complexity index is 326. The van der Waals surface area contributed by atoms with Gasteiger partial charge in [-0.1, -0.05) is 6.07 Å². The number of rotatable bonds is 3. The van der Waals surface area contributed by atoms with E-state index in [1.165, 1.54) is 0 Å². The Kier molecular flexibility index (Phi) is 6.13. The van der Waals surface area contributed by atoms with E-state index in [4.69, 9.17) is 5.11 Å². The molecule has 0 aliphatic rings. The van der Waals surface area contributed by atoms with Crippen LogP contribution in [0.5, 0.6) is 0 Å². The third-order valence-electron chi connectivity index (χ3n) is 2.02. The van der Waals surface area contributed by atoms with Gasteiger partial charge in [0.05, 0.1) is 0 Å². The summed E-state index contributed by atoms with van der Waals surface area (Å²) in [5.74, 6) is -0.766. The molecule has 0 amide bonds. The molecule has 0 saturated carbocycles. The molecule has 4 heteroatoms. The van der Waals surface area contributed by atoms with Crippen molar-refractivity contribution in [1.29, 1.82) is 0 Å². The largest absolute Gasteiger partial charge is 0.481 e. The summed E-state index contributed by atoms with van der Waals surface area (Å²) in [7, 11) is 0. The number of pyridine rings is 1. The van der Waals surface area contributed by atoms with Crippen molar-refractivity contribution in [1.82, 2.24) is 4.98 Å². The summed E-state index contributed by atoms with van der Waals surface area (Å²) in [4.78, 5) is 14.5. The standard InChI is InChI=1S/C10H13NO2.Y/c1-7-5-9(3-4-10(12)13)6-11-8(7)2;/h5-6H,3-4H2,1-2H3,(H,12,13);. The predicted octanol–water partition coefficient (Wildman–Crippen LogP) is 1.71. The molecule has 73 valence electrons. The van der Waals surface area contributed by atoms with Gasteiger partial charge in [0.15, 0.2) is 0 Å². The van der Waals surface area contributed by atoms with Gasteiger partial charge in [0, 0.05) is 51.0 Å². The second-order valence-electron chi connectivity index (χ2n) is 3.14. The Morgan fingerprint density at radius 1 is 1.50 bits per heavy atom. The zero-order valence-corrected chi connectivity index (χ0v) is 11.3. The van der Waals surface area contributed by atoms with Gasteiger partial charge in [-0.15, -0.1) is 0 Å². The van der Waals surface area contributed by atoms with Crippen LogP contribution in [0.4, 0.5) is 0 Å². The normalized spacial score (nSPS) is 9.29. The Labute approximate surface area is 109 Å². The van der Waals surface area contributed by atoms with Crippen molar-refractivity contribution in [3.63, 3.8) is 0 Å². The van der Waals surface area contributed by atoms with Gasteiger partial charge < -0.3 is 5.11 Å². The van der Waals surface area contributed by atoms with Gasteiger partial charge in [-0.05, 0) is 31.4 Å². The average Bonchev–Trinajstić information content (AvgIpc) is 2.07. The van der Waals surface area contributed by atoms with Gasteiger partial charge in [-0.25, -0.2) is 0 Å². The molecule has 1 rings (SSSR count). The molecule has 1 heterocycles. The number of carbonyl (C=O) groups is 1. The third kappa shape index (κ3) is 4.29. The summed E-state index contributed by atoms with van der Waals surface area (Å²) in [6.45, 7) is 3.92. The molecule has 3 nitrogen and oxygen atoms in total. The van der Waals surface area contributed by atoms with Crippen LogP contribution in [0.2, 0.25) is 0 Å². The van der Waals surface area contributed by atoms with E-state index in [0.717, 1.165) is 16.8 Å². The van der Waals surface area contributed by atoms with Crippen LogP contribution in [0, 0.1) is 13.8 Å². The minimum absolute atomic E-state index is 0. The quantitative estimate of drug-likeness (QED) is 0.908. The molecule has 1 radical (unpaired) electrons. The molecule has 0 aromatic carbocycles. The minimum Gasteiger partial charge on any atom is -0.481 e. The van der Waals surface area contributed by atoms with Crippen LogP contribution in [0.3, 0.4) is 0 Å². The van der Waals surface area contributed by atoms with Gasteiger partial charge in [-0.3, -0.25) is 9.78 Å². The summed E-state index contributed by atoms with van der Waals surface area (Å²) in [5, 5.41) is 8.48. The number of hydrogen-bond acceptors (Lipinski definition) is 2. The van der Waals surface area contributed by atoms with Crippen molar-refractivity contribution in [2.24, 2.45) is 0 Å². The summed E-state index contributed by atoms with van der Waals surface area (Å²) < 4.78 is 0. The van der Waals surface area contributed by atoms with Gasteiger partial charge in [0.1, 0.15) is 0 Å². The van der Waals surface area contributed by atoms with Gasteiger partial charge in [0.2, 0.25) is 0 Å². The second kappa shape index (κ2) is 6.25. The Morgan fingerprint density at radius 3 is 2.64 bits per heavy atom. The molecule has 0 atom stereocenters. The van der Waals surface area contributed by atoms with E-state index < -0.39 is 5.97 Å². The molecule has 1 aromatic rings. The molecule has 14 heavy (non-hydrogen) atoms. The first-order valence-corrected chi connectivity index (χ1v) is 4.23. The minimum atomic E-state index is -0.766. The molecule has 0 saturated heterocycles. The zero-order valence-electron chi connectivity index (χ0n) is 8.45. The van der Waals surface area contributed by atoms with E-state index in [9.17, 15) is 4.79 Å². The topological polar surface area (TPSA) is 50.2 Å². The maximum Gasteiger partial charge on any atom is 0.303 e. The predicted molar refractivity (Wildman–Crippen MR) is 49.7 cm³/mol. The molecule has 0 unspecified atom stereocenters. The number of hydrogen-bond donors (Lipinski definition) is 1. The molecule has 1 N–H and O–H groups in total.